The van der Waals surface area contributed by atoms with E-state index in [0.717, 1.165) is 36.8 Å². The monoisotopic (exact) mass is 348 g/mol. The number of allylic oxidation sites excluding steroid dienone is 2. The molecule has 0 aliphatic heterocycles. The molecule has 2 unspecified atom stereocenters. The number of fused-ring (bicyclic) bond motifs is 2. The van der Waals surface area contributed by atoms with E-state index in [0.29, 0.717) is 11.7 Å². The molecule has 1 aromatic rings. The molecule has 2 aliphatic rings. The Labute approximate surface area is 143 Å². The zero-order valence-electron chi connectivity index (χ0n) is 14.4. The van der Waals surface area contributed by atoms with E-state index in [2.05, 4.69) is 26.8 Å². The first-order chi connectivity index (χ1) is 11.1. The first kappa shape index (κ1) is 17.4. The lowest BCUT2D eigenvalue weighted by molar-refractivity contribution is -0.125. The number of carbonyl (C=O) groups is 1. The van der Waals surface area contributed by atoms with Crippen molar-refractivity contribution in [1.29, 1.82) is 0 Å². The van der Waals surface area contributed by atoms with E-state index >= 15 is 0 Å². The number of carbonyl (C=O) groups excluding carboxylic acids is 1. The fourth-order valence-corrected chi connectivity index (χ4v) is 4.87. The first-order valence-electron chi connectivity index (χ1n) is 8.39. The van der Waals surface area contributed by atoms with E-state index in [-0.39, 0.29) is 15.7 Å². The highest BCUT2D eigenvalue weighted by Crippen LogP contribution is 2.65. The molecule has 24 heavy (non-hydrogen) atoms. The SMILES string of the molecule is CC12CCC(/C(=C/CCc3ccc(S(=O)(=O)O)cc3)C1=O)C2(C)C. The quantitative estimate of drug-likeness (QED) is 0.663. The third-order valence-electron chi connectivity index (χ3n) is 6.38. The number of Topliss-reactive ketones (excluding diaryl/α,β-unsaturated/α-hetero) is 1. The lowest BCUT2D eigenvalue weighted by atomic mass is 9.70. The number of aryl methyl sites for hydroxylation is 1. The van der Waals surface area contributed by atoms with Crippen molar-refractivity contribution in [3.05, 3.63) is 41.5 Å². The van der Waals surface area contributed by atoms with Crippen LogP contribution in [0.1, 0.15) is 45.6 Å². The number of rotatable bonds is 4. The van der Waals surface area contributed by atoms with Gasteiger partial charge in [-0.3, -0.25) is 9.35 Å². The summed E-state index contributed by atoms with van der Waals surface area (Å²) in [5.74, 6) is 0.669. The third kappa shape index (κ3) is 2.54. The van der Waals surface area contributed by atoms with Gasteiger partial charge < -0.3 is 0 Å². The minimum atomic E-state index is -4.14. The molecule has 3 rings (SSSR count). The second kappa shape index (κ2) is 5.53. The second-order valence-corrected chi connectivity index (χ2v) is 9.21. The van der Waals surface area contributed by atoms with Crippen molar-refractivity contribution in [2.75, 3.05) is 0 Å². The van der Waals surface area contributed by atoms with Gasteiger partial charge >= 0.3 is 0 Å². The lowest BCUT2D eigenvalue weighted by Gasteiger charge is -2.31. The summed E-state index contributed by atoms with van der Waals surface area (Å²) in [6.07, 6.45) is 5.65. The first-order valence-corrected chi connectivity index (χ1v) is 9.83. The Bertz CT molecular complexity index is 802. The van der Waals surface area contributed by atoms with Crippen molar-refractivity contribution in [2.24, 2.45) is 16.7 Å². The van der Waals surface area contributed by atoms with Crippen LogP contribution in [0.15, 0.2) is 40.8 Å². The molecule has 0 saturated heterocycles. The number of hydrogen-bond donors (Lipinski definition) is 1. The Morgan fingerprint density at radius 3 is 2.33 bits per heavy atom. The Hall–Kier alpha value is -1.46. The molecule has 2 fully saturated rings. The van der Waals surface area contributed by atoms with Crippen LogP contribution >= 0.6 is 0 Å². The molecule has 5 heteroatoms. The predicted molar refractivity (Wildman–Crippen MR) is 92.3 cm³/mol. The second-order valence-electron chi connectivity index (χ2n) is 7.79. The summed E-state index contributed by atoms with van der Waals surface area (Å²) in [6.45, 7) is 6.51. The number of ketones is 1. The Kier molecular flexibility index (Phi) is 4.00. The minimum absolute atomic E-state index is 0.0348. The zero-order valence-corrected chi connectivity index (χ0v) is 15.2. The highest BCUT2D eigenvalue weighted by Gasteiger charge is 2.63. The van der Waals surface area contributed by atoms with E-state index in [1.54, 1.807) is 12.1 Å². The van der Waals surface area contributed by atoms with Gasteiger partial charge in [0, 0.05) is 5.41 Å². The lowest BCUT2D eigenvalue weighted by Crippen LogP contribution is -2.32. The molecule has 0 aromatic heterocycles. The fraction of sp³-hybridized carbons (Fsp3) is 0.526. The van der Waals surface area contributed by atoms with Crippen LogP contribution in [0.2, 0.25) is 0 Å². The molecular formula is C19H24O4S. The van der Waals surface area contributed by atoms with Gasteiger partial charge in [-0.05, 0) is 60.3 Å². The topological polar surface area (TPSA) is 71.4 Å². The van der Waals surface area contributed by atoms with Gasteiger partial charge in [0.1, 0.15) is 0 Å². The van der Waals surface area contributed by atoms with Crippen LogP contribution in [0.4, 0.5) is 0 Å². The minimum Gasteiger partial charge on any atom is -0.294 e. The van der Waals surface area contributed by atoms with Gasteiger partial charge in [0.25, 0.3) is 10.1 Å². The van der Waals surface area contributed by atoms with Gasteiger partial charge in [-0.15, -0.1) is 0 Å². The summed E-state index contributed by atoms with van der Waals surface area (Å²) >= 11 is 0. The van der Waals surface area contributed by atoms with E-state index in [9.17, 15) is 13.2 Å². The Morgan fingerprint density at radius 2 is 1.83 bits per heavy atom. The molecular weight excluding hydrogens is 324 g/mol. The van der Waals surface area contributed by atoms with Crippen molar-refractivity contribution >= 4 is 15.9 Å². The molecule has 0 amide bonds. The van der Waals surface area contributed by atoms with Crippen molar-refractivity contribution in [3.63, 3.8) is 0 Å². The molecule has 0 heterocycles. The van der Waals surface area contributed by atoms with Crippen molar-refractivity contribution in [2.45, 2.75) is 51.3 Å². The third-order valence-corrected chi connectivity index (χ3v) is 7.25. The average molecular weight is 348 g/mol. The van der Waals surface area contributed by atoms with Gasteiger partial charge in [0.2, 0.25) is 0 Å². The summed E-state index contributed by atoms with van der Waals surface area (Å²) < 4.78 is 31.1. The normalized spacial score (nSPS) is 30.2. The van der Waals surface area contributed by atoms with E-state index in [1.807, 2.05) is 0 Å². The average Bonchev–Trinajstić information content (AvgIpc) is 2.81. The molecule has 4 nitrogen and oxygen atoms in total. The van der Waals surface area contributed by atoms with Crippen molar-refractivity contribution < 1.29 is 17.8 Å². The molecule has 2 atom stereocenters. The Balaban J connectivity index is 1.71. The van der Waals surface area contributed by atoms with E-state index in [4.69, 9.17) is 4.55 Å². The van der Waals surface area contributed by atoms with Gasteiger partial charge in [-0.25, -0.2) is 0 Å². The fourth-order valence-electron chi connectivity index (χ4n) is 4.39. The van der Waals surface area contributed by atoms with Crippen LogP contribution in [0, 0.1) is 16.7 Å². The van der Waals surface area contributed by atoms with E-state index in [1.165, 1.54) is 12.1 Å². The highest BCUT2D eigenvalue weighted by atomic mass is 32.2. The molecule has 1 aromatic carbocycles. The maximum absolute atomic E-state index is 12.7. The van der Waals surface area contributed by atoms with Crippen LogP contribution in [0.25, 0.3) is 0 Å². The van der Waals surface area contributed by atoms with Gasteiger partial charge in [0.15, 0.2) is 5.78 Å². The summed E-state index contributed by atoms with van der Waals surface area (Å²) in [5, 5.41) is 0. The number of benzene rings is 1. The highest BCUT2D eigenvalue weighted by molar-refractivity contribution is 7.85. The molecule has 0 radical (unpaired) electrons. The molecule has 130 valence electrons. The van der Waals surface area contributed by atoms with Crippen LogP contribution in [0.5, 0.6) is 0 Å². The van der Waals surface area contributed by atoms with Gasteiger partial charge in [-0.1, -0.05) is 39.0 Å². The standard InChI is InChI=1S/C19H24O4S/c1-18(2)16-11-12-19(18,3)17(20)15(16)6-4-5-13-7-9-14(10-8-13)24(21,22)23/h6-10,16H,4-5,11-12H2,1-3H3,(H,21,22,23)/b15-6-. The molecule has 2 saturated carbocycles. The summed E-state index contributed by atoms with van der Waals surface area (Å²) in [7, 11) is -4.14. The molecule has 0 spiro atoms. The molecule has 1 N–H and O–H groups in total. The molecule has 2 bridgehead atoms. The zero-order chi connectivity index (χ0) is 17.8. The van der Waals surface area contributed by atoms with Crippen molar-refractivity contribution in [3.8, 4) is 0 Å². The Morgan fingerprint density at radius 1 is 1.21 bits per heavy atom. The smallest absolute Gasteiger partial charge is 0.294 e. The van der Waals surface area contributed by atoms with Gasteiger partial charge in [0.05, 0.1) is 4.90 Å². The predicted octanol–water partition coefficient (Wildman–Crippen LogP) is 3.82. The van der Waals surface area contributed by atoms with Crippen molar-refractivity contribution in [1.82, 2.24) is 0 Å². The molecule has 2 aliphatic carbocycles. The summed E-state index contributed by atoms with van der Waals surface area (Å²) in [4.78, 5) is 12.6. The van der Waals surface area contributed by atoms with Crippen LogP contribution in [0.3, 0.4) is 0 Å². The van der Waals surface area contributed by atoms with Crippen LogP contribution in [-0.4, -0.2) is 18.8 Å². The van der Waals surface area contributed by atoms with Crippen LogP contribution < -0.4 is 0 Å². The maximum Gasteiger partial charge on any atom is 0.294 e. The van der Waals surface area contributed by atoms with E-state index < -0.39 is 10.1 Å². The summed E-state index contributed by atoms with van der Waals surface area (Å²) in [5.41, 5.74) is 1.79. The summed E-state index contributed by atoms with van der Waals surface area (Å²) in [6, 6.07) is 6.22. The largest absolute Gasteiger partial charge is 0.294 e. The number of hydrogen-bond acceptors (Lipinski definition) is 3. The van der Waals surface area contributed by atoms with Gasteiger partial charge in [-0.2, -0.15) is 8.42 Å². The maximum atomic E-state index is 12.7. The van der Waals surface area contributed by atoms with Crippen LogP contribution in [-0.2, 0) is 21.3 Å².